The quantitative estimate of drug-likeness (QED) is 0.291. The molecule has 4 saturated carbocycles. The van der Waals surface area contributed by atoms with Gasteiger partial charge in [-0.25, -0.2) is 0 Å². The van der Waals surface area contributed by atoms with E-state index in [2.05, 4.69) is 55.4 Å². The Morgan fingerprint density at radius 2 is 1.54 bits per heavy atom. The summed E-state index contributed by atoms with van der Waals surface area (Å²) in [4.78, 5) is 37.9. The molecule has 0 saturated heterocycles. The number of fused-ring (bicyclic) bond motifs is 7. The van der Waals surface area contributed by atoms with Crippen LogP contribution in [0.15, 0.2) is 11.1 Å². The molecular weight excluding hydrogens is 460 g/mol. The van der Waals surface area contributed by atoms with Crippen molar-refractivity contribution >= 4 is 18.0 Å². The summed E-state index contributed by atoms with van der Waals surface area (Å²) in [7, 11) is 0. The van der Waals surface area contributed by atoms with E-state index in [1.165, 1.54) is 5.57 Å². The Bertz CT molecular complexity index is 1070. The van der Waals surface area contributed by atoms with Crippen LogP contribution in [0.1, 0.15) is 120 Å². The van der Waals surface area contributed by atoms with Crippen LogP contribution in [0.4, 0.5) is 0 Å². The van der Waals surface area contributed by atoms with Crippen LogP contribution in [-0.2, 0) is 19.1 Å². The average Bonchev–Trinajstić information content (AvgIpc) is 3.11. The Hall–Kier alpha value is -1.45. The minimum atomic E-state index is -0.554. The molecule has 0 heterocycles. The van der Waals surface area contributed by atoms with Crippen molar-refractivity contribution in [2.75, 3.05) is 0 Å². The van der Waals surface area contributed by atoms with Crippen LogP contribution < -0.4 is 0 Å². The second kappa shape index (κ2) is 8.04. The normalized spacial score (nSPS) is 48.6. The molecule has 0 aromatic carbocycles. The predicted molar refractivity (Wildman–Crippen MR) is 146 cm³/mol. The number of carbonyl (C=O) groups is 3. The lowest BCUT2D eigenvalue weighted by molar-refractivity contribution is -0.270. The zero-order valence-corrected chi connectivity index (χ0v) is 24.9. The van der Waals surface area contributed by atoms with Crippen molar-refractivity contribution in [3.63, 3.8) is 0 Å². The molecule has 206 valence electrons. The first-order chi connectivity index (χ1) is 17.0. The summed E-state index contributed by atoms with van der Waals surface area (Å²) in [5.74, 6) is 1.11. The number of esters is 1. The molecule has 4 nitrogen and oxygen atoms in total. The molecule has 0 N–H and O–H groups in total. The van der Waals surface area contributed by atoms with Crippen LogP contribution in [0.25, 0.3) is 0 Å². The molecule has 0 radical (unpaired) electrons. The lowest BCUT2D eigenvalue weighted by Gasteiger charge is -2.75. The molecule has 0 aromatic heterocycles. The van der Waals surface area contributed by atoms with Gasteiger partial charge in [0, 0.05) is 18.8 Å². The van der Waals surface area contributed by atoms with Gasteiger partial charge < -0.3 is 9.53 Å². The number of hydrogen-bond donors (Lipinski definition) is 0. The average molecular weight is 511 g/mol. The van der Waals surface area contributed by atoms with Crippen molar-refractivity contribution in [3.8, 4) is 0 Å². The second-order valence-corrected chi connectivity index (χ2v) is 15.5. The van der Waals surface area contributed by atoms with E-state index in [-0.39, 0.29) is 50.8 Å². The number of hydrogen-bond acceptors (Lipinski definition) is 4. The Morgan fingerprint density at radius 3 is 2.14 bits per heavy atom. The topological polar surface area (TPSA) is 60.4 Å². The number of rotatable bonds is 3. The molecular formula is C33H50O4. The Morgan fingerprint density at radius 1 is 0.892 bits per heavy atom. The van der Waals surface area contributed by atoms with Gasteiger partial charge in [0.1, 0.15) is 12.4 Å². The van der Waals surface area contributed by atoms with Crippen LogP contribution >= 0.6 is 0 Å². The van der Waals surface area contributed by atoms with E-state index in [1.807, 2.05) is 0 Å². The van der Waals surface area contributed by atoms with Gasteiger partial charge in [0.05, 0.1) is 5.41 Å². The highest BCUT2D eigenvalue weighted by molar-refractivity contribution is 6.03. The summed E-state index contributed by atoms with van der Waals surface area (Å²) < 4.78 is 5.94. The second-order valence-electron chi connectivity index (χ2n) is 15.5. The van der Waals surface area contributed by atoms with Crippen LogP contribution in [0.2, 0.25) is 0 Å². The van der Waals surface area contributed by atoms with Crippen molar-refractivity contribution in [2.24, 2.45) is 50.2 Å². The highest BCUT2D eigenvalue weighted by Crippen LogP contribution is 2.79. The molecule has 37 heavy (non-hydrogen) atoms. The number of allylic oxidation sites excluding steroid dienone is 2. The molecule has 0 bridgehead atoms. The number of carbonyl (C=O) groups excluding carboxylic acids is 3. The first-order valence-corrected chi connectivity index (χ1v) is 15.0. The molecule has 0 aliphatic heterocycles. The fraction of sp³-hybridized carbons (Fsp3) is 0.848. The van der Waals surface area contributed by atoms with Gasteiger partial charge in [-0.1, -0.05) is 55.4 Å². The van der Waals surface area contributed by atoms with E-state index < -0.39 is 5.41 Å². The van der Waals surface area contributed by atoms with E-state index in [9.17, 15) is 14.4 Å². The number of ketones is 1. The molecule has 0 spiro atoms. The van der Waals surface area contributed by atoms with Gasteiger partial charge in [-0.05, 0) is 102 Å². The zero-order valence-electron chi connectivity index (χ0n) is 24.9. The molecule has 5 aliphatic rings. The first kappa shape index (κ1) is 27.1. The lowest BCUT2D eigenvalue weighted by Crippen LogP contribution is -2.69. The molecule has 0 unspecified atom stereocenters. The van der Waals surface area contributed by atoms with E-state index in [1.54, 1.807) is 6.92 Å². The van der Waals surface area contributed by atoms with Crippen molar-refractivity contribution in [2.45, 2.75) is 126 Å². The van der Waals surface area contributed by atoms with Gasteiger partial charge in [0.25, 0.3) is 0 Å². The van der Waals surface area contributed by atoms with E-state index in [0.717, 1.165) is 63.2 Å². The summed E-state index contributed by atoms with van der Waals surface area (Å²) in [6.45, 7) is 20.6. The molecule has 0 aromatic rings. The minimum Gasteiger partial charge on any atom is -0.462 e. The largest absolute Gasteiger partial charge is 0.462 e. The van der Waals surface area contributed by atoms with Crippen LogP contribution in [0.5, 0.6) is 0 Å². The standard InChI is InChI=1S/C33H50O4/c1-20(2)26-23(36)18-33(19-34)17-15-29(6)22(27(26)33)10-11-24-30(29,7)14-16-32(9)28(4,5)25(37-21(3)35)12-13-31(24,32)8/h19-20,22,24-25H,10-18H2,1-9H3/t22-,24+,25+,29-,30-,31-,32+,33+/m1/s1. The number of ether oxygens (including phenoxy) is 1. The lowest BCUT2D eigenvalue weighted by atomic mass is 9.29. The third-order valence-electron chi connectivity index (χ3n) is 14.1. The number of Topliss-reactive ketones (excluding diaryl/α,β-unsaturated/α-hetero) is 1. The van der Waals surface area contributed by atoms with E-state index in [4.69, 9.17) is 4.74 Å². The van der Waals surface area contributed by atoms with Gasteiger partial charge in [0.15, 0.2) is 5.78 Å². The van der Waals surface area contributed by atoms with Crippen molar-refractivity contribution in [3.05, 3.63) is 11.1 Å². The summed E-state index contributed by atoms with van der Waals surface area (Å²) in [5.41, 5.74) is 2.00. The van der Waals surface area contributed by atoms with Crippen LogP contribution in [0.3, 0.4) is 0 Å². The Balaban J connectivity index is 1.59. The third kappa shape index (κ3) is 3.11. The van der Waals surface area contributed by atoms with Gasteiger partial charge in [-0.15, -0.1) is 0 Å². The first-order valence-electron chi connectivity index (χ1n) is 15.0. The molecule has 4 heteroatoms. The maximum Gasteiger partial charge on any atom is 0.302 e. The molecule has 0 amide bonds. The fourth-order valence-corrected chi connectivity index (χ4v) is 11.3. The maximum atomic E-state index is 13.3. The van der Waals surface area contributed by atoms with Crippen molar-refractivity contribution < 1.29 is 19.1 Å². The van der Waals surface area contributed by atoms with E-state index in [0.29, 0.717) is 18.3 Å². The van der Waals surface area contributed by atoms with Gasteiger partial charge in [-0.3, -0.25) is 9.59 Å². The SMILES string of the molecule is CC(=O)O[C@H]1CC[C@]2(C)[C@H]3CC[C@@H]4C5=C(C(C)C)C(=O)C[C@]5(C=O)CC[C@@]4(C)[C@]3(C)CC[C@@]2(C)C1(C)C. The Kier molecular flexibility index (Phi) is 5.89. The molecule has 8 atom stereocenters. The van der Waals surface area contributed by atoms with Crippen molar-refractivity contribution in [1.29, 1.82) is 0 Å². The predicted octanol–water partition coefficient (Wildman–Crippen LogP) is 7.49. The monoisotopic (exact) mass is 510 g/mol. The van der Waals surface area contributed by atoms with E-state index >= 15 is 0 Å². The summed E-state index contributed by atoms with van der Waals surface area (Å²) >= 11 is 0. The molecule has 5 aliphatic carbocycles. The molecule has 4 fully saturated rings. The summed E-state index contributed by atoms with van der Waals surface area (Å²) in [5, 5.41) is 0. The van der Waals surface area contributed by atoms with Gasteiger partial charge in [-0.2, -0.15) is 0 Å². The molecule has 5 rings (SSSR count). The van der Waals surface area contributed by atoms with Gasteiger partial charge >= 0.3 is 5.97 Å². The fourth-order valence-electron chi connectivity index (χ4n) is 11.3. The minimum absolute atomic E-state index is 0.0366. The summed E-state index contributed by atoms with van der Waals surface area (Å²) in [6, 6.07) is 0. The van der Waals surface area contributed by atoms with Crippen molar-refractivity contribution in [1.82, 2.24) is 0 Å². The zero-order chi connectivity index (χ0) is 27.4. The van der Waals surface area contributed by atoms with Crippen LogP contribution in [-0.4, -0.2) is 24.1 Å². The summed E-state index contributed by atoms with van der Waals surface area (Å²) in [6.07, 6.45) is 9.87. The number of aldehydes is 1. The highest BCUT2D eigenvalue weighted by Gasteiger charge is 2.73. The Labute approximate surface area is 224 Å². The van der Waals surface area contributed by atoms with Crippen LogP contribution in [0, 0.1) is 50.2 Å². The highest BCUT2D eigenvalue weighted by atomic mass is 16.5. The maximum absolute atomic E-state index is 13.3. The third-order valence-corrected chi connectivity index (χ3v) is 14.1. The van der Waals surface area contributed by atoms with Gasteiger partial charge in [0.2, 0.25) is 0 Å². The smallest absolute Gasteiger partial charge is 0.302 e.